The second-order valence-electron chi connectivity index (χ2n) is 5.39. The predicted octanol–water partition coefficient (Wildman–Crippen LogP) is 1.38. The number of aromatic nitrogens is 2. The van der Waals surface area contributed by atoms with Crippen molar-refractivity contribution in [1.82, 2.24) is 15.3 Å². The third-order valence-corrected chi connectivity index (χ3v) is 2.68. The maximum Gasteiger partial charge on any atom is 0.269 e. The average molecular weight is 295 g/mol. The minimum atomic E-state index is -0.955. The highest BCUT2D eigenvalue weighted by Crippen LogP contribution is 2.02. The Bertz CT molecular complexity index is 693. The van der Waals surface area contributed by atoms with Crippen molar-refractivity contribution in [3.8, 4) is 11.8 Å². The fourth-order valence-electron chi connectivity index (χ4n) is 1.56. The number of carbonyl (C=O) groups excluding carboxylic acids is 1. The molecule has 0 aliphatic carbocycles. The minimum absolute atomic E-state index is 0.161. The van der Waals surface area contributed by atoms with E-state index < -0.39 is 5.60 Å². The van der Waals surface area contributed by atoms with Crippen LogP contribution in [0.5, 0.6) is 0 Å². The Hall–Kier alpha value is -2.71. The molecule has 2 rings (SSSR count). The molecule has 0 spiro atoms. The second-order valence-corrected chi connectivity index (χ2v) is 5.39. The zero-order chi connectivity index (χ0) is 16.0. The van der Waals surface area contributed by atoms with Gasteiger partial charge in [0.05, 0.1) is 5.60 Å². The van der Waals surface area contributed by atoms with Crippen LogP contribution in [-0.2, 0) is 0 Å². The molecule has 112 valence electrons. The van der Waals surface area contributed by atoms with Gasteiger partial charge in [-0.2, -0.15) is 0 Å². The van der Waals surface area contributed by atoms with E-state index in [2.05, 4.69) is 27.1 Å². The first-order chi connectivity index (χ1) is 10.4. The van der Waals surface area contributed by atoms with Crippen molar-refractivity contribution < 1.29 is 9.90 Å². The normalized spacial score (nSPS) is 10.5. The summed E-state index contributed by atoms with van der Waals surface area (Å²) in [5, 5.41) is 12.2. The fourth-order valence-corrected chi connectivity index (χ4v) is 1.56. The SMILES string of the molecule is CC(C)(O)CNC(=O)c1ccc(C#Cc2ccccn2)cn1. The molecule has 0 unspecified atom stereocenters. The lowest BCUT2D eigenvalue weighted by Crippen LogP contribution is -2.38. The zero-order valence-electron chi connectivity index (χ0n) is 12.5. The van der Waals surface area contributed by atoms with E-state index in [4.69, 9.17) is 0 Å². The summed E-state index contributed by atoms with van der Waals surface area (Å²) < 4.78 is 0. The van der Waals surface area contributed by atoms with E-state index in [1.165, 1.54) is 6.20 Å². The summed E-state index contributed by atoms with van der Waals surface area (Å²) in [6, 6.07) is 8.84. The van der Waals surface area contributed by atoms with Crippen LogP contribution in [0.15, 0.2) is 42.7 Å². The Balaban J connectivity index is 2.02. The number of hydrogen-bond donors (Lipinski definition) is 2. The number of nitrogens with zero attached hydrogens (tertiary/aromatic N) is 2. The van der Waals surface area contributed by atoms with Crippen molar-refractivity contribution in [3.63, 3.8) is 0 Å². The maximum absolute atomic E-state index is 11.9. The number of carbonyl (C=O) groups is 1. The molecule has 2 heterocycles. The molecular weight excluding hydrogens is 278 g/mol. The first-order valence-corrected chi connectivity index (χ1v) is 6.84. The minimum Gasteiger partial charge on any atom is -0.389 e. The van der Waals surface area contributed by atoms with Gasteiger partial charge in [-0.05, 0) is 44.0 Å². The molecule has 0 aromatic carbocycles. The Morgan fingerprint density at radius 1 is 1.23 bits per heavy atom. The summed E-state index contributed by atoms with van der Waals surface area (Å²) in [6.07, 6.45) is 3.22. The molecule has 0 bridgehead atoms. The Morgan fingerprint density at radius 3 is 2.64 bits per heavy atom. The maximum atomic E-state index is 11.9. The van der Waals surface area contributed by atoms with Crippen molar-refractivity contribution in [3.05, 3.63) is 59.7 Å². The Kier molecular flexibility index (Phi) is 4.87. The third kappa shape index (κ3) is 5.00. The van der Waals surface area contributed by atoms with Gasteiger partial charge in [0.15, 0.2) is 0 Å². The molecule has 2 aromatic rings. The molecule has 0 saturated carbocycles. The monoisotopic (exact) mass is 295 g/mol. The predicted molar refractivity (Wildman–Crippen MR) is 83.1 cm³/mol. The van der Waals surface area contributed by atoms with Gasteiger partial charge in [-0.15, -0.1) is 0 Å². The second kappa shape index (κ2) is 6.83. The summed E-state index contributed by atoms with van der Waals surface area (Å²) in [5.41, 5.74) is 0.704. The molecule has 0 aliphatic heterocycles. The van der Waals surface area contributed by atoms with Crippen LogP contribution in [0, 0.1) is 11.8 Å². The van der Waals surface area contributed by atoms with Gasteiger partial charge in [0.1, 0.15) is 11.4 Å². The summed E-state index contributed by atoms with van der Waals surface area (Å²) in [6.45, 7) is 3.41. The van der Waals surface area contributed by atoms with E-state index in [0.29, 0.717) is 11.3 Å². The smallest absolute Gasteiger partial charge is 0.269 e. The summed E-state index contributed by atoms with van der Waals surface area (Å²) in [7, 11) is 0. The van der Waals surface area contributed by atoms with Crippen LogP contribution in [0.2, 0.25) is 0 Å². The van der Waals surface area contributed by atoms with Crippen molar-refractivity contribution in [2.45, 2.75) is 19.4 Å². The highest BCUT2D eigenvalue weighted by atomic mass is 16.3. The van der Waals surface area contributed by atoms with Crippen molar-refractivity contribution in [2.75, 3.05) is 6.54 Å². The van der Waals surface area contributed by atoms with Crippen molar-refractivity contribution in [2.24, 2.45) is 0 Å². The number of aliphatic hydroxyl groups is 1. The number of rotatable bonds is 3. The van der Waals surface area contributed by atoms with Crippen LogP contribution < -0.4 is 5.32 Å². The molecule has 0 atom stereocenters. The fraction of sp³-hybridized carbons (Fsp3) is 0.235. The van der Waals surface area contributed by atoms with Gasteiger partial charge < -0.3 is 10.4 Å². The molecule has 2 aromatic heterocycles. The summed E-state index contributed by atoms with van der Waals surface area (Å²) >= 11 is 0. The van der Waals surface area contributed by atoms with E-state index in [0.717, 1.165) is 0 Å². The van der Waals surface area contributed by atoms with Gasteiger partial charge in [0.25, 0.3) is 5.91 Å². The van der Waals surface area contributed by atoms with Gasteiger partial charge in [-0.25, -0.2) is 9.97 Å². The summed E-state index contributed by atoms with van der Waals surface area (Å²) in [5.74, 6) is 5.53. The lowest BCUT2D eigenvalue weighted by Gasteiger charge is -2.17. The molecule has 0 radical (unpaired) electrons. The number of nitrogens with one attached hydrogen (secondary N) is 1. The average Bonchev–Trinajstić information content (AvgIpc) is 2.51. The van der Waals surface area contributed by atoms with Crippen LogP contribution >= 0.6 is 0 Å². The molecular formula is C17H17N3O2. The summed E-state index contributed by atoms with van der Waals surface area (Å²) in [4.78, 5) is 20.0. The highest BCUT2D eigenvalue weighted by Gasteiger charge is 2.15. The molecule has 0 fully saturated rings. The molecule has 1 amide bonds. The number of hydrogen-bond acceptors (Lipinski definition) is 4. The lowest BCUT2D eigenvalue weighted by molar-refractivity contribution is 0.0692. The number of pyridine rings is 2. The van der Waals surface area contributed by atoms with Crippen LogP contribution in [0.3, 0.4) is 0 Å². The molecule has 0 saturated heterocycles. The van der Waals surface area contributed by atoms with Crippen LogP contribution in [0.1, 0.15) is 35.6 Å². The lowest BCUT2D eigenvalue weighted by atomic mass is 10.1. The van der Waals surface area contributed by atoms with Crippen molar-refractivity contribution >= 4 is 5.91 Å². The standard InChI is InChI=1S/C17H17N3O2/c1-17(2,22)12-20-16(21)15-9-7-13(11-19-15)6-8-14-5-3-4-10-18-14/h3-5,7,9-11,22H,12H2,1-2H3,(H,20,21). The van der Waals surface area contributed by atoms with E-state index >= 15 is 0 Å². The van der Waals surface area contributed by atoms with Crippen LogP contribution in [-0.4, -0.2) is 33.1 Å². The van der Waals surface area contributed by atoms with E-state index in [-0.39, 0.29) is 18.1 Å². The largest absolute Gasteiger partial charge is 0.389 e. The van der Waals surface area contributed by atoms with Crippen LogP contribution in [0.4, 0.5) is 0 Å². The topological polar surface area (TPSA) is 75.1 Å². The van der Waals surface area contributed by atoms with E-state index in [1.807, 2.05) is 18.2 Å². The van der Waals surface area contributed by atoms with Gasteiger partial charge in [0.2, 0.25) is 0 Å². The molecule has 5 heteroatoms. The Labute approximate surface area is 129 Å². The van der Waals surface area contributed by atoms with Crippen LogP contribution in [0.25, 0.3) is 0 Å². The van der Waals surface area contributed by atoms with Crippen molar-refractivity contribution in [1.29, 1.82) is 0 Å². The first kappa shape index (κ1) is 15.7. The first-order valence-electron chi connectivity index (χ1n) is 6.84. The molecule has 5 nitrogen and oxygen atoms in total. The van der Waals surface area contributed by atoms with Gasteiger partial charge in [-0.3, -0.25) is 4.79 Å². The van der Waals surface area contributed by atoms with E-state index in [9.17, 15) is 9.90 Å². The number of amides is 1. The third-order valence-electron chi connectivity index (χ3n) is 2.68. The Morgan fingerprint density at radius 2 is 2.05 bits per heavy atom. The van der Waals surface area contributed by atoms with E-state index in [1.54, 1.807) is 32.2 Å². The molecule has 0 aliphatic rings. The quantitative estimate of drug-likeness (QED) is 0.839. The molecule has 2 N–H and O–H groups in total. The van der Waals surface area contributed by atoms with Gasteiger partial charge >= 0.3 is 0 Å². The zero-order valence-corrected chi connectivity index (χ0v) is 12.5. The highest BCUT2D eigenvalue weighted by molar-refractivity contribution is 5.92. The van der Waals surface area contributed by atoms with Gasteiger partial charge in [0, 0.05) is 24.5 Å². The molecule has 22 heavy (non-hydrogen) atoms. The van der Waals surface area contributed by atoms with Gasteiger partial charge in [-0.1, -0.05) is 12.0 Å².